The van der Waals surface area contributed by atoms with Crippen LogP contribution < -0.4 is 0 Å². The third-order valence-electron chi connectivity index (χ3n) is 3.00. The van der Waals surface area contributed by atoms with Gasteiger partial charge in [-0.1, -0.05) is 30.3 Å². The minimum absolute atomic E-state index is 0. The molecular weight excluding hydrogens is 450 g/mol. The molecule has 0 aliphatic carbocycles. The van der Waals surface area contributed by atoms with Crippen LogP contribution in [0.1, 0.15) is 13.3 Å². The molecule has 1 atom stereocenters. The number of benzene rings is 2. The van der Waals surface area contributed by atoms with Gasteiger partial charge in [0.2, 0.25) is 0 Å². The maximum Gasteiger partial charge on any atom is 0.0595 e. The summed E-state index contributed by atoms with van der Waals surface area (Å²) in [5.74, 6) is 0. The van der Waals surface area contributed by atoms with Crippen molar-refractivity contribution < 1.29 is 25.2 Å². The van der Waals surface area contributed by atoms with Gasteiger partial charge in [0.1, 0.15) is 0 Å². The van der Waals surface area contributed by atoms with Crippen LogP contribution >= 0.6 is 0 Å². The zero-order valence-corrected chi connectivity index (χ0v) is 14.9. The van der Waals surface area contributed by atoms with E-state index >= 15 is 0 Å². The fourth-order valence-electron chi connectivity index (χ4n) is 1.77. The Labute approximate surface area is 145 Å². The topological polar surface area (TPSA) is 33.1 Å². The molecule has 1 radical (unpaired) electrons. The largest absolute Gasteiger partial charge is 0.396 e. The Bertz CT molecular complexity index is 683. The van der Waals surface area contributed by atoms with E-state index in [1.54, 1.807) is 6.92 Å². The Morgan fingerprint density at radius 3 is 2.41 bits per heavy atom. The summed E-state index contributed by atoms with van der Waals surface area (Å²) in [6.45, 7) is 5.15. The molecule has 0 aliphatic rings. The minimum Gasteiger partial charge on any atom is -0.396 e. The first kappa shape index (κ1) is 18.5. The first-order valence-electron chi connectivity index (χ1n) is 7.01. The summed E-state index contributed by atoms with van der Waals surface area (Å²) >= 11 is 0. The molecule has 3 rings (SSSR count). The molecule has 0 saturated carbocycles. The van der Waals surface area contributed by atoms with Gasteiger partial charge in [0.15, 0.2) is 0 Å². The second-order valence-corrected chi connectivity index (χ2v) is 4.80. The summed E-state index contributed by atoms with van der Waals surface area (Å²) in [4.78, 5) is 4.61. The summed E-state index contributed by atoms with van der Waals surface area (Å²) in [5, 5.41) is 9.47. The molecule has 3 aromatic rings. The van der Waals surface area contributed by atoms with Crippen molar-refractivity contribution in [2.45, 2.75) is 19.4 Å². The molecule has 1 unspecified atom stereocenters. The molecule has 0 fully saturated rings. The number of aliphatic hydroxyl groups excluding tert-OH is 1. The molecule has 0 spiro atoms. The quantitative estimate of drug-likeness (QED) is 0.568. The molecule has 0 amide bonds. The van der Waals surface area contributed by atoms with Crippen LogP contribution in [0.25, 0.3) is 22.2 Å². The van der Waals surface area contributed by atoms with Crippen LogP contribution in [0.2, 0.25) is 0 Å². The number of nitrogens with zero attached hydrogens (tertiary/aromatic N) is 1. The first-order chi connectivity index (χ1) is 10.2. The molecule has 22 heavy (non-hydrogen) atoms. The van der Waals surface area contributed by atoms with Crippen LogP contribution in [0.5, 0.6) is 0 Å². The van der Waals surface area contributed by atoms with Gasteiger partial charge in [0.25, 0.3) is 0 Å². The Kier molecular flexibility index (Phi) is 7.97. The van der Waals surface area contributed by atoms with E-state index in [9.17, 15) is 0 Å². The van der Waals surface area contributed by atoms with Crippen molar-refractivity contribution in [2.75, 3.05) is 0 Å². The van der Waals surface area contributed by atoms with Crippen LogP contribution in [0.4, 0.5) is 0 Å². The Morgan fingerprint density at radius 2 is 1.77 bits per heavy atom. The van der Waals surface area contributed by atoms with Gasteiger partial charge in [-0.3, -0.25) is 4.98 Å². The first-order valence-corrected chi connectivity index (χ1v) is 7.01. The van der Waals surface area contributed by atoms with E-state index in [-0.39, 0.29) is 26.2 Å². The molecule has 1 heterocycles. The van der Waals surface area contributed by atoms with E-state index in [2.05, 4.69) is 30.1 Å². The van der Waals surface area contributed by atoms with Gasteiger partial charge < -0.3 is 12.0 Å². The second kappa shape index (κ2) is 9.47. The van der Waals surface area contributed by atoms with Crippen LogP contribution in [0.3, 0.4) is 0 Å². The van der Waals surface area contributed by atoms with Gasteiger partial charge in [-0.05, 0) is 24.1 Å². The van der Waals surface area contributed by atoms with Crippen molar-refractivity contribution in [3.05, 3.63) is 73.7 Å². The standard InChI is InChI=1S/C15H10N.C4H9O.Ir/c1-2-6-12(7-3-1)15-11-10-13-8-4-5-9-14(13)16-15;1-3-4(2)5;/h1-6,8-11H;4-5H,1,3H2,2H3;/q2*-1;. The predicted molar refractivity (Wildman–Crippen MR) is 87.7 cm³/mol. The molecule has 2 aromatic carbocycles. The number of para-hydroxylation sites is 1. The molecule has 0 aliphatic heterocycles. The van der Waals surface area contributed by atoms with Crippen molar-refractivity contribution >= 4 is 10.9 Å². The zero-order chi connectivity index (χ0) is 15.1. The van der Waals surface area contributed by atoms with E-state index in [0.717, 1.165) is 16.8 Å². The van der Waals surface area contributed by atoms with E-state index in [0.29, 0.717) is 6.42 Å². The number of hydrogen-bond acceptors (Lipinski definition) is 2. The number of fused-ring (bicyclic) bond motifs is 1. The molecule has 2 nitrogen and oxygen atoms in total. The van der Waals surface area contributed by atoms with Crippen molar-refractivity contribution in [3.63, 3.8) is 0 Å². The average molecular weight is 470 g/mol. The van der Waals surface area contributed by atoms with E-state index < -0.39 is 0 Å². The van der Waals surface area contributed by atoms with Crippen molar-refractivity contribution in [1.82, 2.24) is 4.98 Å². The third-order valence-corrected chi connectivity index (χ3v) is 3.00. The zero-order valence-electron chi connectivity index (χ0n) is 12.5. The second-order valence-electron chi connectivity index (χ2n) is 4.80. The smallest absolute Gasteiger partial charge is 0.0595 e. The van der Waals surface area contributed by atoms with Gasteiger partial charge in [-0.2, -0.15) is 6.42 Å². The van der Waals surface area contributed by atoms with Crippen molar-refractivity contribution in [3.8, 4) is 11.3 Å². The van der Waals surface area contributed by atoms with Gasteiger partial charge in [-0.25, -0.2) is 0 Å². The summed E-state index contributed by atoms with van der Waals surface area (Å²) in [7, 11) is 0. The number of pyridine rings is 1. The average Bonchev–Trinajstić information content (AvgIpc) is 2.56. The van der Waals surface area contributed by atoms with Crippen LogP contribution in [0, 0.1) is 13.0 Å². The molecule has 3 heteroatoms. The minimum atomic E-state index is -0.227. The Hall–Kier alpha value is -1.54. The monoisotopic (exact) mass is 470 g/mol. The van der Waals surface area contributed by atoms with Gasteiger partial charge in [-0.15, -0.1) is 35.9 Å². The van der Waals surface area contributed by atoms with Gasteiger partial charge >= 0.3 is 0 Å². The summed E-state index contributed by atoms with van der Waals surface area (Å²) < 4.78 is 0. The summed E-state index contributed by atoms with van der Waals surface area (Å²) in [5.41, 5.74) is 3.03. The molecule has 1 aromatic heterocycles. The maximum atomic E-state index is 8.30. The maximum absolute atomic E-state index is 8.30. The fourth-order valence-corrected chi connectivity index (χ4v) is 1.77. The Balaban J connectivity index is 0.000000356. The van der Waals surface area contributed by atoms with Crippen LogP contribution in [-0.2, 0) is 20.1 Å². The van der Waals surface area contributed by atoms with Crippen LogP contribution in [0.15, 0.2) is 60.7 Å². The van der Waals surface area contributed by atoms with Crippen molar-refractivity contribution in [2.24, 2.45) is 0 Å². The number of hydrogen-bond donors (Lipinski definition) is 1. The number of aliphatic hydroxyl groups is 1. The molecule has 0 bridgehead atoms. The third kappa shape index (κ3) is 5.34. The van der Waals surface area contributed by atoms with Crippen LogP contribution in [-0.4, -0.2) is 16.2 Å². The fraction of sp³-hybridized carbons (Fsp3) is 0.158. The normalized spacial score (nSPS) is 11.0. The molecule has 1 N–H and O–H groups in total. The van der Waals surface area contributed by atoms with E-state index in [4.69, 9.17) is 5.11 Å². The molecule has 0 saturated heterocycles. The SMILES string of the molecule is [CH2-]CC(C)O.[Ir].[c-]1ccccc1-c1ccc2ccccc2n1. The number of aromatic nitrogens is 1. The van der Waals surface area contributed by atoms with Crippen molar-refractivity contribution in [1.29, 1.82) is 0 Å². The predicted octanol–water partition coefficient (Wildman–Crippen LogP) is 4.29. The summed E-state index contributed by atoms with van der Waals surface area (Å²) in [6.07, 6.45) is 0.384. The molecular formula is C19H19IrNO-2. The van der Waals surface area contributed by atoms with E-state index in [1.807, 2.05) is 48.5 Å². The number of rotatable bonds is 2. The van der Waals surface area contributed by atoms with Gasteiger partial charge in [0.05, 0.1) is 5.52 Å². The van der Waals surface area contributed by atoms with E-state index in [1.165, 1.54) is 5.39 Å². The van der Waals surface area contributed by atoms with Gasteiger partial charge in [0, 0.05) is 26.2 Å². The Morgan fingerprint density at radius 1 is 1.09 bits per heavy atom. The molecule has 117 valence electrons. The summed E-state index contributed by atoms with van der Waals surface area (Å²) in [6, 6.07) is 23.4.